The van der Waals surface area contributed by atoms with Crippen LogP contribution in [0.2, 0.25) is 5.02 Å². The van der Waals surface area contributed by atoms with Crippen molar-refractivity contribution in [2.24, 2.45) is 0 Å². The van der Waals surface area contributed by atoms with Crippen molar-refractivity contribution in [3.63, 3.8) is 0 Å². The minimum absolute atomic E-state index is 0.155. The van der Waals surface area contributed by atoms with Crippen molar-refractivity contribution in [3.8, 4) is 0 Å². The van der Waals surface area contributed by atoms with Crippen molar-refractivity contribution < 1.29 is 4.39 Å². The largest absolute Gasteiger partial charge is 0.307 e. The molecule has 0 aliphatic heterocycles. The average molecular weight is 265 g/mol. The van der Waals surface area contributed by atoms with Crippen LogP contribution in [0.15, 0.2) is 36.5 Å². The Morgan fingerprint density at radius 3 is 2.78 bits per heavy atom. The van der Waals surface area contributed by atoms with Gasteiger partial charge in [-0.05, 0) is 24.6 Å². The van der Waals surface area contributed by atoms with Gasteiger partial charge in [-0.3, -0.25) is 4.98 Å². The predicted molar refractivity (Wildman–Crippen MR) is 70.9 cm³/mol. The first-order valence-corrected chi connectivity index (χ1v) is 6.10. The molecule has 0 saturated carbocycles. The monoisotopic (exact) mass is 264 g/mol. The van der Waals surface area contributed by atoms with E-state index in [1.54, 1.807) is 18.2 Å². The molecule has 1 aromatic carbocycles. The lowest BCUT2D eigenvalue weighted by molar-refractivity contribution is 0.586. The second-order valence-electron chi connectivity index (χ2n) is 4.14. The third-order valence-corrected chi connectivity index (χ3v) is 2.92. The van der Waals surface area contributed by atoms with E-state index in [0.29, 0.717) is 18.7 Å². The third kappa shape index (κ3) is 3.28. The third-order valence-electron chi connectivity index (χ3n) is 2.63. The summed E-state index contributed by atoms with van der Waals surface area (Å²) in [4.78, 5) is 4.27. The van der Waals surface area contributed by atoms with E-state index >= 15 is 0 Å². The van der Waals surface area contributed by atoms with Gasteiger partial charge in [0.05, 0.1) is 10.7 Å². The summed E-state index contributed by atoms with van der Waals surface area (Å²) >= 11 is 5.71. The SMILES string of the molecule is Cc1ccc(CNCc2cccc(Cl)c2F)nc1. The predicted octanol–water partition coefficient (Wildman–Crippen LogP) is 3.47. The van der Waals surface area contributed by atoms with Crippen molar-refractivity contribution in [1.29, 1.82) is 0 Å². The Balaban J connectivity index is 1.92. The van der Waals surface area contributed by atoms with E-state index in [0.717, 1.165) is 11.3 Å². The zero-order valence-electron chi connectivity index (χ0n) is 10.1. The molecule has 0 aliphatic rings. The summed E-state index contributed by atoms with van der Waals surface area (Å²) in [5.41, 5.74) is 2.62. The Labute approximate surface area is 111 Å². The molecule has 94 valence electrons. The fourth-order valence-electron chi connectivity index (χ4n) is 1.61. The van der Waals surface area contributed by atoms with Gasteiger partial charge in [-0.1, -0.05) is 29.8 Å². The number of nitrogens with zero attached hydrogens (tertiary/aromatic N) is 1. The Bertz CT molecular complexity index is 526. The normalized spacial score (nSPS) is 10.6. The van der Waals surface area contributed by atoms with Gasteiger partial charge in [-0.15, -0.1) is 0 Å². The quantitative estimate of drug-likeness (QED) is 0.915. The lowest BCUT2D eigenvalue weighted by atomic mass is 10.2. The van der Waals surface area contributed by atoms with Crippen LogP contribution < -0.4 is 5.32 Å². The van der Waals surface area contributed by atoms with Crippen LogP contribution in [-0.2, 0) is 13.1 Å². The molecular weight excluding hydrogens is 251 g/mol. The van der Waals surface area contributed by atoms with E-state index in [1.807, 2.05) is 25.3 Å². The molecule has 0 aliphatic carbocycles. The first-order valence-electron chi connectivity index (χ1n) is 5.72. The molecule has 0 unspecified atom stereocenters. The molecule has 1 heterocycles. The molecule has 0 atom stereocenters. The van der Waals surface area contributed by atoms with E-state index in [-0.39, 0.29) is 10.8 Å². The number of rotatable bonds is 4. The molecule has 1 N–H and O–H groups in total. The van der Waals surface area contributed by atoms with Crippen molar-refractivity contribution in [3.05, 3.63) is 64.2 Å². The minimum Gasteiger partial charge on any atom is -0.307 e. The fourth-order valence-corrected chi connectivity index (χ4v) is 1.81. The highest BCUT2D eigenvalue weighted by Gasteiger charge is 2.05. The van der Waals surface area contributed by atoms with Gasteiger partial charge < -0.3 is 5.32 Å². The van der Waals surface area contributed by atoms with Gasteiger partial charge in [-0.2, -0.15) is 0 Å². The molecule has 0 radical (unpaired) electrons. The van der Waals surface area contributed by atoms with Crippen LogP contribution in [-0.4, -0.2) is 4.98 Å². The summed E-state index contributed by atoms with van der Waals surface area (Å²) in [6.07, 6.45) is 1.82. The fraction of sp³-hybridized carbons (Fsp3) is 0.214. The van der Waals surface area contributed by atoms with Crippen LogP contribution in [0.4, 0.5) is 4.39 Å². The lowest BCUT2D eigenvalue weighted by Crippen LogP contribution is -2.14. The Kier molecular flexibility index (Phi) is 4.28. The molecule has 2 nitrogen and oxygen atoms in total. The van der Waals surface area contributed by atoms with Crippen molar-refractivity contribution in [2.45, 2.75) is 20.0 Å². The van der Waals surface area contributed by atoms with Gasteiger partial charge in [0.2, 0.25) is 0 Å². The maximum Gasteiger partial charge on any atom is 0.146 e. The smallest absolute Gasteiger partial charge is 0.146 e. The molecule has 0 bridgehead atoms. The van der Waals surface area contributed by atoms with E-state index in [2.05, 4.69) is 10.3 Å². The van der Waals surface area contributed by atoms with Gasteiger partial charge in [0, 0.05) is 24.8 Å². The Morgan fingerprint density at radius 1 is 1.22 bits per heavy atom. The number of pyridine rings is 1. The summed E-state index contributed by atoms with van der Waals surface area (Å²) in [7, 11) is 0. The molecule has 0 spiro atoms. The lowest BCUT2D eigenvalue weighted by Gasteiger charge is -2.06. The number of hydrogen-bond acceptors (Lipinski definition) is 2. The van der Waals surface area contributed by atoms with E-state index in [4.69, 9.17) is 11.6 Å². The van der Waals surface area contributed by atoms with Gasteiger partial charge in [0.1, 0.15) is 5.82 Å². The second-order valence-corrected chi connectivity index (χ2v) is 4.55. The van der Waals surface area contributed by atoms with Crippen molar-refractivity contribution >= 4 is 11.6 Å². The maximum absolute atomic E-state index is 13.6. The van der Waals surface area contributed by atoms with Crippen LogP contribution in [0.25, 0.3) is 0 Å². The zero-order valence-corrected chi connectivity index (χ0v) is 10.8. The molecule has 0 amide bonds. The number of hydrogen-bond donors (Lipinski definition) is 1. The van der Waals surface area contributed by atoms with Gasteiger partial charge >= 0.3 is 0 Å². The number of nitrogens with one attached hydrogen (secondary N) is 1. The number of aryl methyl sites for hydroxylation is 1. The molecule has 0 saturated heterocycles. The first kappa shape index (κ1) is 13.0. The van der Waals surface area contributed by atoms with Crippen molar-refractivity contribution in [2.75, 3.05) is 0 Å². The van der Waals surface area contributed by atoms with Crippen LogP contribution in [0.5, 0.6) is 0 Å². The highest BCUT2D eigenvalue weighted by atomic mass is 35.5. The highest BCUT2D eigenvalue weighted by Crippen LogP contribution is 2.17. The summed E-state index contributed by atoms with van der Waals surface area (Å²) in [6.45, 7) is 3.03. The van der Waals surface area contributed by atoms with E-state index < -0.39 is 0 Å². The second kappa shape index (κ2) is 5.94. The minimum atomic E-state index is -0.358. The molecule has 2 rings (SSSR count). The zero-order chi connectivity index (χ0) is 13.0. The van der Waals surface area contributed by atoms with Gasteiger partial charge in [0.25, 0.3) is 0 Å². The van der Waals surface area contributed by atoms with Crippen LogP contribution in [0.1, 0.15) is 16.8 Å². The molecule has 0 fully saturated rings. The number of benzene rings is 1. The molecule has 1 aromatic heterocycles. The maximum atomic E-state index is 13.6. The number of halogens is 2. The first-order chi connectivity index (χ1) is 8.66. The summed E-state index contributed by atoms with van der Waals surface area (Å²) in [5, 5.41) is 3.30. The van der Waals surface area contributed by atoms with Crippen molar-refractivity contribution in [1.82, 2.24) is 10.3 Å². The average Bonchev–Trinajstić information content (AvgIpc) is 2.37. The Morgan fingerprint density at radius 2 is 2.06 bits per heavy atom. The van der Waals surface area contributed by atoms with Gasteiger partial charge in [0.15, 0.2) is 0 Å². The van der Waals surface area contributed by atoms with Crippen LogP contribution in [0.3, 0.4) is 0 Å². The highest BCUT2D eigenvalue weighted by molar-refractivity contribution is 6.30. The van der Waals surface area contributed by atoms with Crippen LogP contribution in [0, 0.1) is 12.7 Å². The molecular formula is C14H14ClFN2. The van der Waals surface area contributed by atoms with E-state index in [9.17, 15) is 4.39 Å². The summed E-state index contributed by atoms with van der Waals surface area (Å²) in [6, 6.07) is 8.96. The topological polar surface area (TPSA) is 24.9 Å². The molecule has 4 heteroatoms. The van der Waals surface area contributed by atoms with Crippen LogP contribution >= 0.6 is 11.6 Å². The summed E-state index contributed by atoms with van der Waals surface area (Å²) in [5.74, 6) is -0.358. The molecule has 2 aromatic rings. The molecule has 18 heavy (non-hydrogen) atoms. The van der Waals surface area contributed by atoms with Gasteiger partial charge in [-0.25, -0.2) is 4.39 Å². The Hall–Kier alpha value is -1.45. The summed E-state index contributed by atoms with van der Waals surface area (Å²) < 4.78 is 13.6. The number of aromatic nitrogens is 1. The standard InChI is InChI=1S/C14H14ClFN2/c1-10-5-6-12(18-7-10)9-17-8-11-3-2-4-13(15)14(11)16/h2-7,17H,8-9H2,1H3. The van der Waals surface area contributed by atoms with E-state index in [1.165, 1.54) is 0 Å².